The Morgan fingerprint density at radius 3 is 2.50 bits per heavy atom. The lowest BCUT2D eigenvalue weighted by atomic mass is 9.99. The largest absolute Gasteiger partial charge is 0.469 e. The van der Waals surface area contributed by atoms with Crippen molar-refractivity contribution >= 4 is 34.2 Å². The molecule has 6 nitrogen and oxygen atoms in total. The van der Waals surface area contributed by atoms with Gasteiger partial charge in [0.2, 0.25) is 5.91 Å². The molecule has 0 saturated carbocycles. The Morgan fingerprint density at radius 2 is 1.86 bits per heavy atom. The number of amides is 1. The van der Waals surface area contributed by atoms with Crippen LogP contribution < -0.4 is 5.32 Å². The summed E-state index contributed by atoms with van der Waals surface area (Å²) >= 11 is 1.34. The van der Waals surface area contributed by atoms with Crippen molar-refractivity contribution in [1.29, 1.82) is 0 Å². The summed E-state index contributed by atoms with van der Waals surface area (Å²) in [7, 11) is 2.62. The number of thiophene rings is 1. The van der Waals surface area contributed by atoms with E-state index >= 15 is 0 Å². The number of hydrogen-bond donors (Lipinski definition) is 1. The highest BCUT2D eigenvalue weighted by atomic mass is 32.1. The van der Waals surface area contributed by atoms with Crippen LogP contribution in [0.1, 0.15) is 50.7 Å². The third kappa shape index (κ3) is 4.09. The molecule has 0 unspecified atom stereocenters. The zero-order valence-corrected chi connectivity index (χ0v) is 17.0. The van der Waals surface area contributed by atoms with Gasteiger partial charge in [0.1, 0.15) is 5.00 Å². The first-order valence-electron chi connectivity index (χ1n) is 9.11. The Labute approximate surface area is 167 Å². The van der Waals surface area contributed by atoms with Crippen molar-refractivity contribution in [2.75, 3.05) is 19.5 Å². The molecule has 1 heterocycles. The van der Waals surface area contributed by atoms with Gasteiger partial charge in [-0.2, -0.15) is 0 Å². The van der Waals surface area contributed by atoms with E-state index in [1.54, 1.807) is 0 Å². The minimum Gasteiger partial charge on any atom is -0.469 e. The summed E-state index contributed by atoms with van der Waals surface area (Å²) in [4.78, 5) is 37.9. The molecule has 3 rings (SSSR count). The number of carbonyl (C=O) groups is 3. The van der Waals surface area contributed by atoms with Gasteiger partial charge in [-0.1, -0.05) is 29.8 Å². The van der Waals surface area contributed by atoms with Gasteiger partial charge in [-0.05, 0) is 37.3 Å². The molecule has 148 valence electrons. The molecule has 0 fully saturated rings. The standard InChI is InChI=1S/C21H23NO5S/c1-12-4-6-13(7-5-12)8-11-16(23)22-19-18(21(25)27-3)17-14(20(24)26-2)9-10-15(17)28-19/h4-7,14H,8-11H2,1-3H3,(H,22,23)/t14-/m1/s1. The van der Waals surface area contributed by atoms with Crippen molar-refractivity contribution < 1.29 is 23.9 Å². The Morgan fingerprint density at radius 1 is 1.14 bits per heavy atom. The van der Waals surface area contributed by atoms with Gasteiger partial charge < -0.3 is 14.8 Å². The predicted octanol–water partition coefficient (Wildman–Crippen LogP) is 3.62. The molecule has 0 bridgehead atoms. The molecule has 1 atom stereocenters. The van der Waals surface area contributed by atoms with Crippen LogP contribution in [0, 0.1) is 6.92 Å². The Kier molecular flexibility index (Phi) is 6.14. The summed E-state index contributed by atoms with van der Waals surface area (Å²) in [5.41, 5.74) is 3.16. The molecule has 0 saturated heterocycles. The molecule has 1 aromatic carbocycles. The molecule has 0 radical (unpaired) electrons. The van der Waals surface area contributed by atoms with E-state index in [1.807, 2.05) is 31.2 Å². The Hall–Kier alpha value is -2.67. The number of esters is 2. The van der Waals surface area contributed by atoms with Crippen LogP contribution in [0.15, 0.2) is 24.3 Å². The second-order valence-electron chi connectivity index (χ2n) is 6.78. The van der Waals surface area contributed by atoms with E-state index in [0.29, 0.717) is 36.2 Å². The van der Waals surface area contributed by atoms with E-state index in [4.69, 9.17) is 9.47 Å². The van der Waals surface area contributed by atoms with Crippen LogP contribution in [-0.4, -0.2) is 32.1 Å². The van der Waals surface area contributed by atoms with Crippen LogP contribution in [0.2, 0.25) is 0 Å². The maximum absolute atomic E-state index is 12.5. The van der Waals surface area contributed by atoms with E-state index in [0.717, 1.165) is 10.4 Å². The van der Waals surface area contributed by atoms with Gasteiger partial charge in [-0.15, -0.1) is 11.3 Å². The third-order valence-electron chi connectivity index (χ3n) is 4.92. The number of carbonyl (C=O) groups excluding carboxylic acids is 3. The van der Waals surface area contributed by atoms with Crippen LogP contribution in [-0.2, 0) is 31.9 Å². The summed E-state index contributed by atoms with van der Waals surface area (Å²) in [6.45, 7) is 2.02. The number of ether oxygens (including phenoxy) is 2. The second-order valence-corrected chi connectivity index (χ2v) is 7.89. The normalized spacial score (nSPS) is 15.0. The fraction of sp³-hybridized carbons (Fsp3) is 0.381. The number of nitrogens with one attached hydrogen (secondary N) is 1. The molecule has 1 N–H and O–H groups in total. The highest BCUT2D eigenvalue weighted by Gasteiger charge is 2.38. The molecule has 1 aromatic heterocycles. The molecule has 2 aromatic rings. The summed E-state index contributed by atoms with van der Waals surface area (Å²) in [6, 6.07) is 8.03. The number of fused-ring (bicyclic) bond motifs is 1. The van der Waals surface area contributed by atoms with Crippen molar-refractivity contribution in [1.82, 2.24) is 0 Å². The summed E-state index contributed by atoms with van der Waals surface area (Å²) < 4.78 is 9.78. The predicted molar refractivity (Wildman–Crippen MR) is 107 cm³/mol. The lowest BCUT2D eigenvalue weighted by Crippen LogP contribution is -2.17. The molecule has 28 heavy (non-hydrogen) atoms. The van der Waals surface area contributed by atoms with Gasteiger partial charge in [-0.25, -0.2) is 4.79 Å². The zero-order chi connectivity index (χ0) is 20.3. The average molecular weight is 401 g/mol. The van der Waals surface area contributed by atoms with Crippen LogP contribution >= 0.6 is 11.3 Å². The smallest absolute Gasteiger partial charge is 0.341 e. The van der Waals surface area contributed by atoms with Crippen molar-refractivity contribution in [2.24, 2.45) is 0 Å². The van der Waals surface area contributed by atoms with Crippen LogP contribution in [0.3, 0.4) is 0 Å². The highest BCUT2D eigenvalue weighted by molar-refractivity contribution is 7.17. The highest BCUT2D eigenvalue weighted by Crippen LogP contribution is 2.45. The first-order valence-corrected chi connectivity index (χ1v) is 9.93. The minimum absolute atomic E-state index is 0.180. The molecule has 7 heteroatoms. The lowest BCUT2D eigenvalue weighted by Gasteiger charge is -2.11. The molecule has 1 aliphatic rings. The first kappa shape index (κ1) is 20.1. The van der Waals surface area contributed by atoms with Crippen molar-refractivity contribution in [3.63, 3.8) is 0 Å². The van der Waals surface area contributed by atoms with E-state index < -0.39 is 11.9 Å². The lowest BCUT2D eigenvalue weighted by molar-refractivity contribution is -0.142. The number of benzene rings is 1. The minimum atomic E-state index is -0.554. The van der Waals surface area contributed by atoms with Crippen molar-refractivity contribution in [3.8, 4) is 0 Å². The van der Waals surface area contributed by atoms with Gasteiger partial charge in [0.15, 0.2) is 0 Å². The molecule has 0 spiro atoms. The zero-order valence-electron chi connectivity index (χ0n) is 16.2. The second kappa shape index (κ2) is 8.56. The monoisotopic (exact) mass is 401 g/mol. The van der Waals surface area contributed by atoms with Gasteiger partial charge in [0.05, 0.1) is 25.7 Å². The van der Waals surface area contributed by atoms with Crippen LogP contribution in [0.5, 0.6) is 0 Å². The quantitative estimate of drug-likeness (QED) is 0.748. The number of rotatable bonds is 6. The van der Waals surface area contributed by atoms with Crippen LogP contribution in [0.4, 0.5) is 5.00 Å². The van der Waals surface area contributed by atoms with Gasteiger partial charge in [0.25, 0.3) is 0 Å². The van der Waals surface area contributed by atoms with Crippen LogP contribution in [0.25, 0.3) is 0 Å². The number of hydrogen-bond acceptors (Lipinski definition) is 6. The molecule has 1 aliphatic carbocycles. The fourth-order valence-corrected chi connectivity index (χ4v) is 4.72. The molecular weight excluding hydrogens is 378 g/mol. The van der Waals surface area contributed by atoms with E-state index in [1.165, 1.54) is 31.1 Å². The summed E-state index contributed by atoms with van der Waals surface area (Å²) in [6.07, 6.45) is 2.17. The maximum atomic E-state index is 12.5. The third-order valence-corrected chi connectivity index (χ3v) is 6.10. The van der Waals surface area contributed by atoms with E-state index in [2.05, 4.69) is 5.32 Å². The summed E-state index contributed by atoms with van der Waals surface area (Å²) in [5, 5.41) is 3.28. The molecule has 0 aliphatic heterocycles. The van der Waals surface area contributed by atoms with Gasteiger partial charge in [0, 0.05) is 11.3 Å². The maximum Gasteiger partial charge on any atom is 0.341 e. The SMILES string of the molecule is COC(=O)c1c(NC(=O)CCc2ccc(C)cc2)sc2c1[C@H](C(=O)OC)CC2. The first-order chi connectivity index (χ1) is 13.4. The Balaban J connectivity index is 1.78. The topological polar surface area (TPSA) is 81.7 Å². The summed E-state index contributed by atoms with van der Waals surface area (Å²) in [5.74, 6) is -1.61. The molecule has 1 amide bonds. The Bertz CT molecular complexity index is 900. The van der Waals surface area contributed by atoms with Crippen molar-refractivity contribution in [2.45, 2.75) is 38.5 Å². The van der Waals surface area contributed by atoms with E-state index in [9.17, 15) is 14.4 Å². The fourth-order valence-electron chi connectivity index (χ4n) is 3.44. The van der Waals surface area contributed by atoms with Crippen molar-refractivity contribution in [3.05, 3.63) is 51.4 Å². The number of anilines is 1. The number of aryl methyl sites for hydroxylation is 3. The van der Waals surface area contributed by atoms with E-state index in [-0.39, 0.29) is 17.4 Å². The van der Waals surface area contributed by atoms with Gasteiger partial charge in [-0.3, -0.25) is 9.59 Å². The number of methoxy groups -OCH3 is 2. The molecular formula is C21H23NO5S. The average Bonchev–Trinajstić information content (AvgIpc) is 3.25. The van der Waals surface area contributed by atoms with Gasteiger partial charge >= 0.3 is 11.9 Å².